The first-order valence-corrected chi connectivity index (χ1v) is 7.15. The van der Waals surface area contributed by atoms with Crippen molar-refractivity contribution in [1.82, 2.24) is 14.8 Å². The lowest BCUT2D eigenvalue weighted by molar-refractivity contribution is -0.402. The molecule has 0 N–H and O–H groups in total. The van der Waals surface area contributed by atoms with E-state index >= 15 is 0 Å². The van der Waals surface area contributed by atoms with Gasteiger partial charge in [-0.15, -0.1) is 10.2 Å². The van der Waals surface area contributed by atoms with Crippen LogP contribution in [-0.2, 0) is 0 Å². The Kier molecular flexibility index (Phi) is 4.01. The summed E-state index contributed by atoms with van der Waals surface area (Å²) in [4.78, 5) is 9.96. The molecule has 110 valence electrons. The highest BCUT2D eigenvalue weighted by Gasteiger charge is 2.10. The third-order valence-electron chi connectivity index (χ3n) is 2.75. The molecule has 0 radical (unpaired) electrons. The van der Waals surface area contributed by atoms with Crippen LogP contribution in [0.5, 0.6) is 0 Å². The summed E-state index contributed by atoms with van der Waals surface area (Å²) in [6.45, 7) is 0. The number of thioether (sulfide) groups is 1. The quantitative estimate of drug-likeness (QED) is 0.407. The van der Waals surface area contributed by atoms with Crippen LogP contribution < -0.4 is 0 Å². The van der Waals surface area contributed by atoms with Gasteiger partial charge in [-0.2, -0.15) is 0 Å². The van der Waals surface area contributed by atoms with Gasteiger partial charge in [0, 0.05) is 5.69 Å². The van der Waals surface area contributed by atoms with E-state index in [-0.39, 0.29) is 5.88 Å². The van der Waals surface area contributed by atoms with E-state index in [2.05, 4.69) is 10.2 Å². The smallest absolute Gasteiger partial charge is 0.401 e. The van der Waals surface area contributed by atoms with Crippen LogP contribution >= 0.6 is 11.8 Å². The Bertz CT molecular complexity index is 810. The van der Waals surface area contributed by atoms with Crippen LogP contribution in [0.3, 0.4) is 0 Å². The third kappa shape index (κ3) is 3.07. The monoisotopic (exact) mass is 314 g/mol. The molecule has 0 fully saturated rings. The number of furan rings is 1. The summed E-state index contributed by atoms with van der Waals surface area (Å²) < 4.78 is 6.88. The summed E-state index contributed by atoms with van der Waals surface area (Å²) >= 11 is 1.34. The minimum atomic E-state index is -0.573. The second kappa shape index (κ2) is 6.27. The van der Waals surface area contributed by atoms with E-state index in [0.717, 1.165) is 5.69 Å². The van der Waals surface area contributed by atoms with Crippen LogP contribution in [0.2, 0.25) is 0 Å². The summed E-state index contributed by atoms with van der Waals surface area (Å²) in [7, 11) is 0. The van der Waals surface area contributed by atoms with Crippen molar-refractivity contribution in [2.45, 2.75) is 5.16 Å². The Balaban J connectivity index is 1.73. The van der Waals surface area contributed by atoms with Crippen molar-refractivity contribution in [2.24, 2.45) is 0 Å². The second-order valence-corrected chi connectivity index (χ2v) is 5.05. The Morgan fingerprint density at radius 1 is 1.23 bits per heavy atom. The fourth-order valence-electron chi connectivity index (χ4n) is 1.76. The van der Waals surface area contributed by atoms with Crippen molar-refractivity contribution >= 4 is 23.7 Å². The van der Waals surface area contributed by atoms with Crippen LogP contribution in [0.4, 0.5) is 5.88 Å². The molecule has 0 saturated heterocycles. The third-order valence-corrected chi connectivity index (χ3v) is 3.51. The van der Waals surface area contributed by atoms with Crippen LogP contribution in [-0.4, -0.2) is 19.7 Å². The van der Waals surface area contributed by atoms with Crippen LogP contribution in [0.15, 0.2) is 63.8 Å². The number of para-hydroxylation sites is 1. The zero-order valence-corrected chi connectivity index (χ0v) is 12.0. The first-order chi connectivity index (χ1) is 10.7. The van der Waals surface area contributed by atoms with E-state index in [1.54, 1.807) is 17.8 Å². The standard InChI is InChI=1S/C14H10N4O3S/c19-18(20)13-7-6-12(21-13)8-9-22-14-16-15-10-17(14)11-4-2-1-3-5-11/h1-10H/b9-8-. The minimum absolute atomic E-state index is 0.280. The molecule has 3 rings (SSSR count). The van der Waals surface area contributed by atoms with Gasteiger partial charge in [0.1, 0.15) is 17.0 Å². The highest BCUT2D eigenvalue weighted by Crippen LogP contribution is 2.23. The van der Waals surface area contributed by atoms with E-state index in [0.29, 0.717) is 10.9 Å². The van der Waals surface area contributed by atoms with Gasteiger partial charge in [-0.1, -0.05) is 30.0 Å². The topological polar surface area (TPSA) is 87.0 Å². The lowest BCUT2D eigenvalue weighted by Crippen LogP contribution is -1.93. The molecule has 0 saturated carbocycles. The number of rotatable bonds is 5. The van der Waals surface area contributed by atoms with Gasteiger partial charge in [-0.05, 0) is 29.7 Å². The molecule has 0 bridgehead atoms. The fourth-order valence-corrected chi connectivity index (χ4v) is 2.45. The molecule has 1 aromatic carbocycles. The van der Waals surface area contributed by atoms with Gasteiger partial charge in [0.05, 0.1) is 6.07 Å². The predicted octanol–water partition coefficient (Wildman–Crippen LogP) is 3.53. The van der Waals surface area contributed by atoms with Gasteiger partial charge in [0.15, 0.2) is 5.16 Å². The van der Waals surface area contributed by atoms with Crippen molar-refractivity contribution < 1.29 is 9.34 Å². The zero-order chi connectivity index (χ0) is 15.4. The average Bonchev–Trinajstić information content (AvgIpc) is 3.17. The molecule has 0 aliphatic rings. The van der Waals surface area contributed by atoms with Gasteiger partial charge >= 0.3 is 5.88 Å². The summed E-state index contributed by atoms with van der Waals surface area (Å²) in [6.07, 6.45) is 3.27. The molecule has 8 heteroatoms. The van der Waals surface area contributed by atoms with Crippen molar-refractivity contribution in [2.75, 3.05) is 0 Å². The van der Waals surface area contributed by atoms with E-state index in [1.165, 1.54) is 23.9 Å². The molecule has 2 aromatic heterocycles. The summed E-state index contributed by atoms with van der Waals surface area (Å²) in [5.74, 6) is 0.127. The Morgan fingerprint density at radius 2 is 2.05 bits per heavy atom. The number of nitro groups is 1. The Labute approximate surface area is 129 Å². The van der Waals surface area contributed by atoms with Gasteiger partial charge in [-0.25, -0.2) is 0 Å². The van der Waals surface area contributed by atoms with E-state index < -0.39 is 4.92 Å². The molecule has 0 atom stereocenters. The maximum atomic E-state index is 10.5. The average molecular weight is 314 g/mol. The largest absolute Gasteiger partial charge is 0.433 e. The molecular weight excluding hydrogens is 304 g/mol. The van der Waals surface area contributed by atoms with Crippen LogP contribution in [0.1, 0.15) is 5.76 Å². The van der Waals surface area contributed by atoms with Crippen molar-refractivity contribution in [3.8, 4) is 5.69 Å². The molecule has 0 amide bonds. The fraction of sp³-hybridized carbons (Fsp3) is 0. The molecule has 0 spiro atoms. The number of nitrogens with zero attached hydrogens (tertiary/aromatic N) is 4. The van der Waals surface area contributed by atoms with Crippen molar-refractivity contribution in [1.29, 1.82) is 0 Å². The molecule has 0 aliphatic carbocycles. The number of hydrogen-bond acceptors (Lipinski definition) is 6. The summed E-state index contributed by atoms with van der Waals surface area (Å²) in [5.41, 5.74) is 0.956. The van der Waals surface area contributed by atoms with E-state index in [9.17, 15) is 10.1 Å². The van der Waals surface area contributed by atoms with Gasteiger partial charge in [-0.3, -0.25) is 14.7 Å². The molecule has 7 nitrogen and oxygen atoms in total. The molecule has 22 heavy (non-hydrogen) atoms. The van der Waals surface area contributed by atoms with E-state index in [4.69, 9.17) is 4.42 Å². The summed E-state index contributed by atoms with van der Waals surface area (Å²) in [6, 6.07) is 12.6. The van der Waals surface area contributed by atoms with Crippen molar-refractivity contribution in [3.05, 3.63) is 70.1 Å². The van der Waals surface area contributed by atoms with Gasteiger partial charge < -0.3 is 4.42 Å². The molecule has 0 aliphatic heterocycles. The second-order valence-electron chi connectivity index (χ2n) is 4.17. The predicted molar refractivity (Wildman–Crippen MR) is 81.6 cm³/mol. The van der Waals surface area contributed by atoms with Crippen LogP contribution in [0, 0.1) is 10.1 Å². The Hall–Kier alpha value is -2.87. The SMILES string of the molecule is O=[N+]([O-])c1ccc(/C=C\Sc2nncn2-c2ccccc2)o1. The highest BCUT2D eigenvalue weighted by atomic mass is 32.2. The first kappa shape index (κ1) is 14.1. The zero-order valence-electron chi connectivity index (χ0n) is 11.2. The maximum Gasteiger partial charge on any atom is 0.433 e. The number of hydrogen-bond donors (Lipinski definition) is 0. The highest BCUT2D eigenvalue weighted by molar-refractivity contribution is 8.02. The Morgan fingerprint density at radius 3 is 2.77 bits per heavy atom. The maximum absolute atomic E-state index is 10.5. The molecule has 2 heterocycles. The lowest BCUT2D eigenvalue weighted by atomic mass is 10.3. The molecule has 3 aromatic rings. The van der Waals surface area contributed by atoms with Gasteiger partial charge in [0.25, 0.3) is 0 Å². The van der Waals surface area contributed by atoms with Crippen LogP contribution in [0.25, 0.3) is 11.8 Å². The normalized spacial score (nSPS) is 11.1. The molecular formula is C14H10N4O3S. The van der Waals surface area contributed by atoms with E-state index in [1.807, 2.05) is 34.9 Å². The number of aromatic nitrogens is 3. The van der Waals surface area contributed by atoms with Crippen molar-refractivity contribution in [3.63, 3.8) is 0 Å². The lowest BCUT2D eigenvalue weighted by Gasteiger charge is -2.03. The molecule has 0 unspecified atom stereocenters. The first-order valence-electron chi connectivity index (χ1n) is 6.27. The van der Waals surface area contributed by atoms with Gasteiger partial charge in [0.2, 0.25) is 0 Å². The number of benzene rings is 1. The summed E-state index contributed by atoms with van der Waals surface area (Å²) in [5, 5.41) is 20.9. The minimum Gasteiger partial charge on any atom is -0.401 e.